The molecule has 4 heteroatoms. The summed E-state index contributed by atoms with van der Waals surface area (Å²) in [6.45, 7) is 0. The van der Waals surface area contributed by atoms with Crippen molar-refractivity contribution in [2.75, 3.05) is 0 Å². The van der Waals surface area contributed by atoms with Gasteiger partial charge in [0.25, 0.3) is 0 Å². The summed E-state index contributed by atoms with van der Waals surface area (Å²) in [5.74, 6) is 2.91. The van der Waals surface area contributed by atoms with Crippen molar-refractivity contribution in [3.8, 4) is 22.4 Å². The molecule has 4 aliphatic carbocycles. The Morgan fingerprint density at radius 3 is 2.27 bits per heavy atom. The number of aromatic nitrogens is 3. The van der Waals surface area contributed by atoms with E-state index >= 15 is 0 Å². The Morgan fingerprint density at radius 2 is 1.60 bits per heavy atom. The highest BCUT2D eigenvalue weighted by molar-refractivity contribution is 5.92. The summed E-state index contributed by atoms with van der Waals surface area (Å²) in [6.07, 6.45) is 14.2. The summed E-state index contributed by atoms with van der Waals surface area (Å²) in [7, 11) is 0. The molecule has 1 N–H and O–H groups in total. The number of fused-ring (bicyclic) bond motifs is 1. The Labute approximate surface area is 175 Å². The highest BCUT2D eigenvalue weighted by Gasteiger charge is 2.51. The summed E-state index contributed by atoms with van der Waals surface area (Å²) >= 11 is 0. The zero-order valence-corrected chi connectivity index (χ0v) is 17.0. The van der Waals surface area contributed by atoms with Gasteiger partial charge >= 0.3 is 0 Å². The zero-order chi connectivity index (χ0) is 19.7. The number of hydrogen-bond acceptors (Lipinski definition) is 3. The van der Waals surface area contributed by atoms with Crippen molar-refractivity contribution in [3.05, 3.63) is 60.6 Å². The number of H-pyrrole nitrogens is 1. The second-order valence-electron chi connectivity index (χ2n) is 9.95. The lowest BCUT2D eigenvalue weighted by Gasteiger charge is -2.57. The van der Waals surface area contributed by atoms with Gasteiger partial charge in [-0.2, -0.15) is 5.10 Å². The highest BCUT2D eigenvalue weighted by atomic mass is 16.3. The van der Waals surface area contributed by atoms with Crippen molar-refractivity contribution in [1.29, 1.82) is 0 Å². The van der Waals surface area contributed by atoms with Gasteiger partial charge in [0.2, 0.25) is 0 Å². The average Bonchev–Trinajstić information content (AvgIpc) is 3.43. The standard InChI is InChI=1S/C26H25N3O/c1-3-21(26-10-16-7-17(11-26)9-18(8-16)12-26)4-2-19(1)22-15-30-24-6-5-23(29-25(22)24)20-13-27-28-14-20/h1-6,13-18H,7-12H2,(H,27,28). The largest absolute Gasteiger partial charge is 0.462 e. The van der Waals surface area contributed by atoms with E-state index in [1.165, 1.54) is 44.1 Å². The minimum atomic E-state index is 0.443. The lowest BCUT2D eigenvalue weighted by molar-refractivity contribution is -0.00518. The molecule has 150 valence electrons. The van der Waals surface area contributed by atoms with Crippen molar-refractivity contribution in [2.24, 2.45) is 17.8 Å². The van der Waals surface area contributed by atoms with Gasteiger partial charge < -0.3 is 4.42 Å². The van der Waals surface area contributed by atoms with E-state index in [4.69, 9.17) is 9.40 Å². The summed E-state index contributed by atoms with van der Waals surface area (Å²) in [5, 5.41) is 6.91. The maximum Gasteiger partial charge on any atom is 0.153 e. The van der Waals surface area contributed by atoms with E-state index in [1.807, 2.05) is 24.6 Å². The predicted molar refractivity (Wildman–Crippen MR) is 117 cm³/mol. The molecular weight excluding hydrogens is 370 g/mol. The topological polar surface area (TPSA) is 54.7 Å². The molecule has 0 spiro atoms. The van der Waals surface area contributed by atoms with Crippen LogP contribution < -0.4 is 0 Å². The highest BCUT2D eigenvalue weighted by Crippen LogP contribution is 2.60. The molecule has 4 nitrogen and oxygen atoms in total. The molecule has 30 heavy (non-hydrogen) atoms. The fourth-order valence-corrected chi connectivity index (χ4v) is 7.14. The normalized spacial score (nSPS) is 29.7. The monoisotopic (exact) mass is 395 g/mol. The predicted octanol–water partition coefficient (Wildman–Crippen LogP) is 6.35. The van der Waals surface area contributed by atoms with Crippen molar-refractivity contribution in [1.82, 2.24) is 15.2 Å². The first-order valence-electron chi connectivity index (χ1n) is 11.2. The van der Waals surface area contributed by atoms with E-state index < -0.39 is 0 Å². The van der Waals surface area contributed by atoms with Gasteiger partial charge in [-0.1, -0.05) is 24.3 Å². The smallest absolute Gasteiger partial charge is 0.153 e. The molecule has 4 saturated carbocycles. The minimum Gasteiger partial charge on any atom is -0.462 e. The molecule has 4 aliphatic rings. The third-order valence-corrected chi connectivity index (χ3v) is 8.06. The Kier molecular flexibility index (Phi) is 3.41. The molecule has 0 amide bonds. The van der Waals surface area contributed by atoms with Gasteiger partial charge in [-0.05, 0) is 85.0 Å². The Morgan fingerprint density at radius 1 is 0.867 bits per heavy atom. The number of nitrogens with one attached hydrogen (secondary N) is 1. The Balaban J connectivity index is 1.26. The molecule has 4 bridgehead atoms. The molecule has 0 aliphatic heterocycles. The first-order chi connectivity index (χ1) is 14.8. The first-order valence-corrected chi connectivity index (χ1v) is 11.2. The number of furan rings is 1. The summed E-state index contributed by atoms with van der Waals surface area (Å²) in [4.78, 5) is 4.88. The fraction of sp³-hybridized carbons (Fsp3) is 0.385. The number of pyridine rings is 1. The van der Waals surface area contributed by atoms with E-state index in [0.29, 0.717) is 5.41 Å². The average molecular weight is 396 g/mol. The van der Waals surface area contributed by atoms with Crippen molar-refractivity contribution in [2.45, 2.75) is 43.9 Å². The van der Waals surface area contributed by atoms with Crippen LogP contribution in [0.5, 0.6) is 0 Å². The van der Waals surface area contributed by atoms with Gasteiger partial charge in [-0.3, -0.25) is 5.10 Å². The summed E-state index contributed by atoms with van der Waals surface area (Å²) in [6, 6.07) is 13.3. The molecule has 4 aromatic rings. The van der Waals surface area contributed by atoms with Crippen LogP contribution in [-0.4, -0.2) is 15.2 Å². The van der Waals surface area contributed by atoms with E-state index in [2.05, 4.69) is 34.5 Å². The number of aromatic amines is 1. The number of rotatable bonds is 3. The van der Waals surface area contributed by atoms with Crippen LogP contribution in [0.25, 0.3) is 33.5 Å². The van der Waals surface area contributed by atoms with Gasteiger partial charge in [-0.25, -0.2) is 4.98 Å². The molecular formula is C26H25N3O. The molecule has 0 unspecified atom stereocenters. The van der Waals surface area contributed by atoms with E-state index in [0.717, 1.165) is 45.7 Å². The van der Waals surface area contributed by atoms with Crippen LogP contribution in [0.2, 0.25) is 0 Å². The lowest BCUT2D eigenvalue weighted by atomic mass is 9.48. The van der Waals surface area contributed by atoms with Crippen LogP contribution >= 0.6 is 0 Å². The molecule has 0 atom stereocenters. The van der Waals surface area contributed by atoms with Gasteiger partial charge in [0.1, 0.15) is 11.8 Å². The van der Waals surface area contributed by atoms with Crippen molar-refractivity contribution < 1.29 is 4.42 Å². The number of hydrogen-bond donors (Lipinski definition) is 1. The van der Waals surface area contributed by atoms with Crippen LogP contribution in [0.1, 0.15) is 44.1 Å². The summed E-state index contributed by atoms with van der Waals surface area (Å²) < 4.78 is 5.82. The van der Waals surface area contributed by atoms with Crippen LogP contribution in [0.4, 0.5) is 0 Å². The summed E-state index contributed by atoms with van der Waals surface area (Å²) in [5.41, 5.74) is 7.87. The second kappa shape index (κ2) is 6.07. The number of benzene rings is 1. The molecule has 1 aromatic carbocycles. The van der Waals surface area contributed by atoms with Gasteiger partial charge in [0.05, 0.1) is 11.9 Å². The Bertz CT molecular complexity index is 1180. The number of nitrogens with zero attached hydrogens (tertiary/aromatic N) is 2. The maximum atomic E-state index is 5.82. The third-order valence-electron chi connectivity index (χ3n) is 8.06. The van der Waals surface area contributed by atoms with Gasteiger partial charge in [0, 0.05) is 17.3 Å². The van der Waals surface area contributed by atoms with Crippen molar-refractivity contribution >= 4 is 11.1 Å². The molecule has 0 radical (unpaired) electrons. The quantitative estimate of drug-likeness (QED) is 0.439. The SMILES string of the molecule is c1n[nH]cc1-c1ccc2occ(-c3ccc(C45CC6CC(CC(C6)C4)C5)cc3)c2n1. The van der Waals surface area contributed by atoms with Crippen LogP contribution in [0, 0.1) is 17.8 Å². The van der Waals surface area contributed by atoms with Crippen molar-refractivity contribution in [3.63, 3.8) is 0 Å². The molecule has 3 aromatic heterocycles. The van der Waals surface area contributed by atoms with Gasteiger partial charge in [0.15, 0.2) is 5.58 Å². The second-order valence-corrected chi connectivity index (χ2v) is 9.95. The van der Waals surface area contributed by atoms with Gasteiger partial charge in [-0.15, -0.1) is 0 Å². The zero-order valence-electron chi connectivity index (χ0n) is 17.0. The molecule has 3 heterocycles. The first kappa shape index (κ1) is 16.9. The third kappa shape index (κ3) is 2.46. The Hall–Kier alpha value is -2.88. The van der Waals surface area contributed by atoms with E-state index in [1.54, 1.807) is 11.8 Å². The van der Waals surface area contributed by atoms with Crippen LogP contribution in [0.15, 0.2) is 59.5 Å². The fourth-order valence-electron chi connectivity index (χ4n) is 7.14. The maximum absolute atomic E-state index is 5.82. The minimum absolute atomic E-state index is 0.443. The molecule has 8 rings (SSSR count). The molecule has 4 fully saturated rings. The van der Waals surface area contributed by atoms with Crippen LogP contribution in [-0.2, 0) is 5.41 Å². The molecule has 0 saturated heterocycles. The van der Waals surface area contributed by atoms with Crippen LogP contribution in [0.3, 0.4) is 0 Å². The lowest BCUT2D eigenvalue weighted by Crippen LogP contribution is -2.48. The van der Waals surface area contributed by atoms with E-state index in [-0.39, 0.29) is 0 Å². The van der Waals surface area contributed by atoms with E-state index in [9.17, 15) is 0 Å².